The van der Waals surface area contributed by atoms with Gasteiger partial charge >= 0.3 is 0 Å². The number of hydrogen-bond donors (Lipinski definition) is 2. The van der Waals surface area contributed by atoms with Gasteiger partial charge < -0.3 is 15.9 Å². The van der Waals surface area contributed by atoms with Crippen molar-refractivity contribution < 1.29 is 9.53 Å². The van der Waals surface area contributed by atoms with Crippen LogP contribution >= 0.6 is 0 Å². The number of rotatable bonds is 3. The Bertz CT molecular complexity index is 151. The second-order valence-electron chi connectivity index (χ2n) is 1.30. The molecule has 9 heavy (non-hydrogen) atoms. The van der Waals surface area contributed by atoms with Crippen molar-refractivity contribution in [3.8, 4) is 0 Å². The van der Waals surface area contributed by atoms with E-state index in [-0.39, 0.29) is 5.76 Å². The highest BCUT2D eigenvalue weighted by Crippen LogP contribution is 1.86. The van der Waals surface area contributed by atoms with Gasteiger partial charge in [0, 0.05) is 6.08 Å². The first kappa shape index (κ1) is 7.68. The Kier molecular flexibility index (Phi) is 3.12. The summed E-state index contributed by atoms with van der Waals surface area (Å²) in [7, 11) is 1.36. The molecule has 50 valence electrons. The predicted molar refractivity (Wildman–Crippen MR) is 33.1 cm³/mol. The van der Waals surface area contributed by atoms with Crippen LogP contribution in [0.5, 0.6) is 0 Å². The first-order valence-corrected chi connectivity index (χ1v) is 2.26. The fourth-order valence-electron chi connectivity index (χ4n) is 0.300. The fourth-order valence-corrected chi connectivity index (χ4v) is 0.300. The van der Waals surface area contributed by atoms with E-state index in [0.717, 1.165) is 12.3 Å². The van der Waals surface area contributed by atoms with E-state index in [1.165, 1.54) is 7.11 Å². The smallest absolute Gasteiger partial charge is 0.245 e. The molecule has 0 unspecified atom stereocenters. The van der Waals surface area contributed by atoms with Crippen molar-refractivity contribution in [2.75, 3.05) is 7.11 Å². The summed E-state index contributed by atoms with van der Waals surface area (Å²) < 4.78 is 4.53. The molecule has 0 aromatic carbocycles. The highest BCUT2D eigenvalue weighted by Gasteiger charge is 1.90. The number of carbonyl (C=O) groups is 1. The normalized spacial score (nSPS) is 10.6. The van der Waals surface area contributed by atoms with Gasteiger partial charge in [-0.1, -0.05) is 0 Å². The van der Waals surface area contributed by atoms with Crippen molar-refractivity contribution in [2.45, 2.75) is 0 Å². The molecule has 0 bridgehead atoms. The minimum atomic E-state index is -0.615. The number of methoxy groups -OCH3 is 1. The van der Waals surface area contributed by atoms with Crippen molar-refractivity contribution in [2.24, 2.45) is 5.73 Å². The molecule has 0 radical (unpaired) electrons. The van der Waals surface area contributed by atoms with Crippen LogP contribution in [0.4, 0.5) is 0 Å². The van der Waals surface area contributed by atoms with Crippen molar-refractivity contribution in [1.82, 2.24) is 0 Å². The molecule has 0 aliphatic carbocycles. The standard InChI is InChI=1S/C5H8N2O2/c1-9-4(3-6)2-5(7)8/h2-3,6H,1H3,(H2,7,8)/b4-2+,6-3?. The molecule has 0 saturated heterocycles. The van der Waals surface area contributed by atoms with E-state index in [2.05, 4.69) is 4.74 Å². The zero-order valence-electron chi connectivity index (χ0n) is 5.05. The Balaban J connectivity index is 4.07. The first-order chi connectivity index (χ1) is 4.20. The highest BCUT2D eigenvalue weighted by molar-refractivity contribution is 5.91. The van der Waals surface area contributed by atoms with Gasteiger partial charge in [-0.3, -0.25) is 4.79 Å². The van der Waals surface area contributed by atoms with Crippen LogP contribution in [-0.2, 0) is 9.53 Å². The van der Waals surface area contributed by atoms with Crippen LogP contribution in [-0.4, -0.2) is 19.2 Å². The minimum absolute atomic E-state index is 0.155. The lowest BCUT2D eigenvalue weighted by Gasteiger charge is -1.93. The number of nitrogens with two attached hydrogens (primary N) is 1. The number of nitrogens with one attached hydrogen (secondary N) is 1. The monoisotopic (exact) mass is 128 g/mol. The van der Waals surface area contributed by atoms with Crippen LogP contribution in [0.3, 0.4) is 0 Å². The number of carbonyl (C=O) groups excluding carboxylic acids is 1. The third kappa shape index (κ3) is 3.28. The fraction of sp³-hybridized carbons (Fsp3) is 0.200. The zero-order valence-corrected chi connectivity index (χ0v) is 5.05. The summed E-state index contributed by atoms with van der Waals surface area (Å²) in [5.41, 5.74) is 4.75. The molecule has 0 spiro atoms. The van der Waals surface area contributed by atoms with Crippen LogP contribution < -0.4 is 5.73 Å². The quantitative estimate of drug-likeness (QED) is 0.309. The summed E-state index contributed by atoms with van der Waals surface area (Å²) in [6.45, 7) is 0. The molecule has 0 saturated carbocycles. The van der Waals surface area contributed by atoms with Crippen LogP contribution in [0, 0.1) is 5.41 Å². The van der Waals surface area contributed by atoms with Gasteiger partial charge in [-0.2, -0.15) is 0 Å². The molecule has 0 aliphatic rings. The topological polar surface area (TPSA) is 76.2 Å². The van der Waals surface area contributed by atoms with E-state index in [1.54, 1.807) is 0 Å². The highest BCUT2D eigenvalue weighted by atomic mass is 16.5. The Morgan fingerprint density at radius 1 is 1.78 bits per heavy atom. The molecule has 0 aromatic rings. The van der Waals surface area contributed by atoms with Gasteiger partial charge in [-0.15, -0.1) is 0 Å². The second-order valence-corrected chi connectivity index (χ2v) is 1.30. The molecule has 0 atom stereocenters. The lowest BCUT2D eigenvalue weighted by Crippen LogP contribution is -2.08. The summed E-state index contributed by atoms with van der Waals surface area (Å²) in [6.07, 6.45) is 1.94. The average Bonchev–Trinajstić information content (AvgIpc) is 1.82. The third-order valence-corrected chi connectivity index (χ3v) is 0.662. The summed E-state index contributed by atoms with van der Waals surface area (Å²) in [5, 5.41) is 6.63. The maximum atomic E-state index is 10.1. The summed E-state index contributed by atoms with van der Waals surface area (Å²) >= 11 is 0. The molecule has 4 nitrogen and oxygen atoms in total. The van der Waals surface area contributed by atoms with E-state index in [1.807, 2.05) is 0 Å². The van der Waals surface area contributed by atoms with E-state index < -0.39 is 5.91 Å². The summed E-state index contributed by atoms with van der Waals surface area (Å²) in [5.74, 6) is -0.460. The van der Waals surface area contributed by atoms with E-state index in [9.17, 15) is 4.79 Å². The SMILES string of the molecule is CO/C(C=N)=C/C(N)=O. The number of ether oxygens (including phenoxy) is 1. The Morgan fingerprint density at radius 2 is 2.33 bits per heavy atom. The molecule has 0 aliphatic heterocycles. The zero-order chi connectivity index (χ0) is 7.28. The van der Waals surface area contributed by atoms with Gasteiger partial charge in [0.25, 0.3) is 0 Å². The van der Waals surface area contributed by atoms with E-state index >= 15 is 0 Å². The van der Waals surface area contributed by atoms with Gasteiger partial charge in [0.1, 0.15) is 5.76 Å². The lowest BCUT2D eigenvalue weighted by atomic mass is 10.4. The van der Waals surface area contributed by atoms with Crippen LogP contribution in [0.25, 0.3) is 0 Å². The molecule has 0 fully saturated rings. The minimum Gasteiger partial charge on any atom is -0.495 e. The molecular formula is C5H8N2O2. The Labute approximate surface area is 52.8 Å². The van der Waals surface area contributed by atoms with Crippen LogP contribution in [0.2, 0.25) is 0 Å². The van der Waals surface area contributed by atoms with Crippen LogP contribution in [0.1, 0.15) is 0 Å². The van der Waals surface area contributed by atoms with Crippen LogP contribution in [0.15, 0.2) is 11.8 Å². The molecular weight excluding hydrogens is 120 g/mol. The molecule has 0 heterocycles. The molecule has 3 N–H and O–H groups in total. The van der Waals surface area contributed by atoms with Gasteiger partial charge in [-0.05, 0) is 0 Å². The molecule has 0 aromatic heterocycles. The second kappa shape index (κ2) is 3.65. The van der Waals surface area contributed by atoms with Crippen molar-refractivity contribution in [3.63, 3.8) is 0 Å². The largest absolute Gasteiger partial charge is 0.495 e. The number of hydrogen-bond acceptors (Lipinski definition) is 3. The first-order valence-electron chi connectivity index (χ1n) is 2.26. The Hall–Kier alpha value is -1.32. The lowest BCUT2D eigenvalue weighted by molar-refractivity contribution is -0.113. The van der Waals surface area contributed by atoms with E-state index in [0.29, 0.717) is 0 Å². The van der Waals surface area contributed by atoms with Crippen molar-refractivity contribution in [3.05, 3.63) is 11.8 Å². The molecule has 0 rings (SSSR count). The summed E-state index contributed by atoms with van der Waals surface area (Å²) in [4.78, 5) is 10.1. The van der Waals surface area contributed by atoms with Crippen molar-refractivity contribution in [1.29, 1.82) is 5.41 Å². The predicted octanol–water partition coefficient (Wildman–Crippen LogP) is -0.348. The molecule has 1 amide bonds. The number of primary amides is 1. The van der Waals surface area contributed by atoms with Gasteiger partial charge in [-0.25, -0.2) is 0 Å². The van der Waals surface area contributed by atoms with Crippen molar-refractivity contribution >= 4 is 12.1 Å². The number of amides is 1. The maximum Gasteiger partial charge on any atom is 0.245 e. The van der Waals surface area contributed by atoms with Gasteiger partial charge in [0.15, 0.2) is 0 Å². The third-order valence-electron chi connectivity index (χ3n) is 0.662. The van der Waals surface area contributed by atoms with Gasteiger partial charge in [0.2, 0.25) is 5.91 Å². The molecule has 4 heteroatoms. The average molecular weight is 128 g/mol. The van der Waals surface area contributed by atoms with Gasteiger partial charge in [0.05, 0.1) is 13.3 Å². The number of allylic oxidation sites excluding steroid dienone is 1. The van der Waals surface area contributed by atoms with E-state index in [4.69, 9.17) is 11.1 Å². The summed E-state index contributed by atoms with van der Waals surface area (Å²) in [6, 6.07) is 0. The Morgan fingerprint density at radius 3 is 2.44 bits per heavy atom. The maximum absolute atomic E-state index is 10.1.